The Bertz CT molecular complexity index is 602. The van der Waals surface area contributed by atoms with E-state index in [4.69, 9.17) is 0 Å². The van der Waals surface area contributed by atoms with Crippen LogP contribution >= 0.6 is 15.9 Å². The van der Waals surface area contributed by atoms with Gasteiger partial charge in [0.25, 0.3) is 11.7 Å². The molecule has 2 rings (SSSR count). The molecule has 106 valence electrons. The molecule has 0 aliphatic carbocycles. The fourth-order valence-electron chi connectivity index (χ4n) is 1.99. The van der Waals surface area contributed by atoms with Gasteiger partial charge >= 0.3 is 5.97 Å². The number of halogens is 2. The molecule has 1 amide bonds. The average Bonchev–Trinajstić information content (AvgIpc) is 2.64. The predicted octanol–water partition coefficient (Wildman–Crippen LogP) is 2.07. The predicted molar refractivity (Wildman–Crippen MR) is 72.0 cm³/mol. The van der Waals surface area contributed by atoms with Crippen molar-refractivity contribution in [3.63, 3.8) is 0 Å². The number of carbonyl (C=O) groups is 3. The molecule has 0 bridgehead atoms. The van der Waals surface area contributed by atoms with E-state index in [1.54, 1.807) is 0 Å². The Balaban J connectivity index is 2.20. The van der Waals surface area contributed by atoms with Crippen LogP contribution < -0.4 is 4.90 Å². The average molecular weight is 344 g/mol. The fraction of sp³-hybridized carbons (Fsp3) is 0.308. The van der Waals surface area contributed by atoms with E-state index in [1.165, 1.54) is 18.1 Å². The number of Topliss-reactive ketones (excluding diaryl/α,β-unsaturated/α-hetero) is 1. The lowest BCUT2D eigenvalue weighted by atomic mass is 10.1. The number of hydrogen-bond acceptors (Lipinski definition) is 4. The molecule has 0 aromatic heterocycles. The van der Waals surface area contributed by atoms with E-state index in [0.29, 0.717) is 6.42 Å². The Morgan fingerprint density at radius 2 is 2.10 bits per heavy atom. The number of methoxy groups -OCH3 is 1. The van der Waals surface area contributed by atoms with E-state index >= 15 is 0 Å². The van der Waals surface area contributed by atoms with Gasteiger partial charge in [-0.3, -0.25) is 14.4 Å². The minimum Gasteiger partial charge on any atom is -0.469 e. The number of rotatable bonds is 4. The highest BCUT2D eigenvalue weighted by atomic mass is 79.9. The van der Waals surface area contributed by atoms with Gasteiger partial charge in [-0.2, -0.15) is 0 Å². The first-order valence-corrected chi connectivity index (χ1v) is 6.67. The smallest absolute Gasteiger partial charge is 0.305 e. The standard InChI is InChI=1S/C13H11BrFNO4/c1-20-11(17)3-2-4-16-10-6-9(15)8(14)5-7(10)12(18)13(16)19/h5-6H,2-4H2,1H3. The number of amides is 1. The van der Waals surface area contributed by atoms with Crippen molar-refractivity contribution in [2.75, 3.05) is 18.6 Å². The molecule has 0 saturated heterocycles. The van der Waals surface area contributed by atoms with Gasteiger partial charge in [0.1, 0.15) is 5.82 Å². The summed E-state index contributed by atoms with van der Waals surface area (Å²) < 4.78 is 18.2. The molecule has 1 aliphatic heterocycles. The van der Waals surface area contributed by atoms with Gasteiger partial charge in [0.05, 0.1) is 22.8 Å². The van der Waals surface area contributed by atoms with Crippen LogP contribution in [0.3, 0.4) is 0 Å². The van der Waals surface area contributed by atoms with Gasteiger partial charge in [-0.1, -0.05) is 0 Å². The number of carbonyl (C=O) groups excluding carboxylic acids is 3. The van der Waals surface area contributed by atoms with Crippen LogP contribution in [0, 0.1) is 5.82 Å². The molecule has 1 heterocycles. The minimum absolute atomic E-state index is 0.128. The molecule has 20 heavy (non-hydrogen) atoms. The van der Waals surface area contributed by atoms with E-state index < -0.39 is 23.5 Å². The third kappa shape index (κ3) is 2.58. The lowest BCUT2D eigenvalue weighted by molar-refractivity contribution is -0.140. The van der Waals surface area contributed by atoms with Crippen LogP contribution in [0.5, 0.6) is 0 Å². The second kappa shape index (κ2) is 5.70. The zero-order chi connectivity index (χ0) is 14.9. The number of ketones is 1. The number of anilines is 1. The van der Waals surface area contributed by atoms with Gasteiger partial charge in [0.2, 0.25) is 0 Å². The van der Waals surface area contributed by atoms with Crippen molar-refractivity contribution in [1.82, 2.24) is 0 Å². The molecular formula is C13H11BrFNO4. The van der Waals surface area contributed by atoms with Crippen LogP contribution in [0.1, 0.15) is 23.2 Å². The number of ether oxygens (including phenoxy) is 1. The molecule has 0 saturated carbocycles. The summed E-state index contributed by atoms with van der Waals surface area (Å²) in [5.41, 5.74) is 0.409. The molecule has 0 fully saturated rings. The van der Waals surface area contributed by atoms with Crippen LogP contribution in [-0.2, 0) is 14.3 Å². The quantitative estimate of drug-likeness (QED) is 0.620. The Morgan fingerprint density at radius 1 is 1.40 bits per heavy atom. The Kier molecular flexibility index (Phi) is 4.17. The summed E-state index contributed by atoms with van der Waals surface area (Å²) >= 11 is 2.98. The topological polar surface area (TPSA) is 63.7 Å². The van der Waals surface area contributed by atoms with Crippen molar-refractivity contribution in [2.45, 2.75) is 12.8 Å². The molecule has 0 atom stereocenters. The molecule has 0 spiro atoms. The third-order valence-corrected chi connectivity index (χ3v) is 3.61. The number of hydrogen-bond donors (Lipinski definition) is 0. The summed E-state index contributed by atoms with van der Waals surface area (Å²) in [5.74, 6) is -2.32. The summed E-state index contributed by atoms with van der Waals surface area (Å²) in [4.78, 5) is 35.9. The molecule has 7 heteroatoms. The van der Waals surface area contributed by atoms with Gasteiger partial charge in [0, 0.05) is 13.0 Å². The number of nitrogens with zero attached hydrogens (tertiary/aromatic N) is 1. The summed E-state index contributed by atoms with van der Waals surface area (Å²) in [5, 5.41) is 0. The fourth-order valence-corrected chi connectivity index (χ4v) is 2.34. The number of benzene rings is 1. The molecule has 1 aromatic carbocycles. The van der Waals surface area contributed by atoms with Gasteiger partial charge < -0.3 is 9.64 Å². The summed E-state index contributed by atoms with van der Waals surface area (Å²) in [6.45, 7) is 0.160. The normalized spacial score (nSPS) is 13.7. The van der Waals surface area contributed by atoms with Crippen LogP contribution in [0.2, 0.25) is 0 Å². The first kappa shape index (κ1) is 14.6. The van der Waals surface area contributed by atoms with Gasteiger partial charge in [-0.15, -0.1) is 0 Å². The highest BCUT2D eigenvalue weighted by molar-refractivity contribution is 9.10. The van der Waals surface area contributed by atoms with Crippen LogP contribution in [0.15, 0.2) is 16.6 Å². The summed E-state index contributed by atoms with van der Waals surface area (Å²) in [7, 11) is 1.27. The number of fused-ring (bicyclic) bond motifs is 1. The maximum absolute atomic E-state index is 13.5. The zero-order valence-electron chi connectivity index (χ0n) is 10.6. The Labute approximate surface area is 122 Å². The van der Waals surface area contributed by atoms with Crippen molar-refractivity contribution < 1.29 is 23.5 Å². The summed E-state index contributed by atoms with van der Waals surface area (Å²) in [6, 6.07) is 2.44. The van der Waals surface area contributed by atoms with Crippen molar-refractivity contribution in [2.24, 2.45) is 0 Å². The zero-order valence-corrected chi connectivity index (χ0v) is 12.2. The molecule has 0 N–H and O–H groups in total. The second-order valence-electron chi connectivity index (χ2n) is 4.25. The first-order chi connectivity index (χ1) is 9.45. The van der Waals surface area contributed by atoms with Crippen LogP contribution in [0.4, 0.5) is 10.1 Å². The maximum atomic E-state index is 13.5. The lowest BCUT2D eigenvalue weighted by Gasteiger charge is -2.16. The monoisotopic (exact) mass is 343 g/mol. The lowest BCUT2D eigenvalue weighted by Crippen LogP contribution is -2.31. The maximum Gasteiger partial charge on any atom is 0.305 e. The van der Waals surface area contributed by atoms with E-state index in [1.807, 2.05) is 0 Å². The Morgan fingerprint density at radius 3 is 2.75 bits per heavy atom. The minimum atomic E-state index is -0.706. The van der Waals surface area contributed by atoms with E-state index in [2.05, 4.69) is 20.7 Å². The van der Waals surface area contributed by atoms with E-state index in [0.717, 1.165) is 6.07 Å². The van der Waals surface area contributed by atoms with Crippen molar-refractivity contribution in [3.05, 3.63) is 28.0 Å². The van der Waals surface area contributed by atoms with Gasteiger partial charge in [-0.05, 0) is 34.5 Å². The molecule has 5 nitrogen and oxygen atoms in total. The highest BCUT2D eigenvalue weighted by Crippen LogP contribution is 2.33. The SMILES string of the molecule is COC(=O)CCCN1C(=O)C(=O)c2cc(Br)c(F)cc21. The largest absolute Gasteiger partial charge is 0.469 e. The first-order valence-electron chi connectivity index (χ1n) is 5.87. The van der Waals surface area contributed by atoms with E-state index in [9.17, 15) is 18.8 Å². The molecule has 0 radical (unpaired) electrons. The number of esters is 1. The highest BCUT2D eigenvalue weighted by Gasteiger charge is 2.36. The van der Waals surface area contributed by atoms with Gasteiger partial charge in [-0.25, -0.2) is 4.39 Å². The summed E-state index contributed by atoms with van der Waals surface area (Å²) in [6.07, 6.45) is 0.464. The molecule has 1 aromatic rings. The molecular weight excluding hydrogens is 333 g/mol. The molecule has 0 unspecified atom stereocenters. The van der Waals surface area contributed by atoms with Crippen molar-refractivity contribution in [1.29, 1.82) is 0 Å². The van der Waals surface area contributed by atoms with Gasteiger partial charge in [0.15, 0.2) is 0 Å². The Hall–Kier alpha value is -1.76. The molecule has 1 aliphatic rings. The van der Waals surface area contributed by atoms with Crippen LogP contribution in [0.25, 0.3) is 0 Å². The van der Waals surface area contributed by atoms with E-state index in [-0.39, 0.29) is 28.7 Å². The second-order valence-corrected chi connectivity index (χ2v) is 5.10. The van der Waals surface area contributed by atoms with Crippen molar-refractivity contribution in [3.8, 4) is 0 Å². The van der Waals surface area contributed by atoms with Crippen LogP contribution in [-0.4, -0.2) is 31.3 Å². The third-order valence-electron chi connectivity index (χ3n) is 3.00. The van der Waals surface area contributed by atoms with Crippen molar-refractivity contribution >= 4 is 39.3 Å².